The number of hydrogen-bond donors (Lipinski definition) is 1. The summed E-state index contributed by atoms with van der Waals surface area (Å²) in [5, 5.41) is 5.11. The van der Waals surface area contributed by atoms with Crippen LogP contribution in [-0.2, 0) is 6.18 Å². The maximum absolute atomic E-state index is 12.7. The Bertz CT molecular complexity index is 607. The first kappa shape index (κ1) is 15.5. The van der Waals surface area contributed by atoms with Crippen molar-refractivity contribution in [2.24, 2.45) is 0 Å². The van der Waals surface area contributed by atoms with Crippen molar-refractivity contribution in [3.8, 4) is 0 Å². The topological polar surface area (TPSA) is 12.0 Å². The zero-order valence-corrected chi connectivity index (χ0v) is 13.3. The second-order valence-electron chi connectivity index (χ2n) is 4.46. The highest BCUT2D eigenvalue weighted by Gasteiger charge is 2.31. The van der Waals surface area contributed by atoms with Gasteiger partial charge in [-0.05, 0) is 59.2 Å². The second kappa shape index (κ2) is 5.87. The molecular weight excluding hydrogens is 351 g/mol. The van der Waals surface area contributed by atoms with Gasteiger partial charge in [0.1, 0.15) is 0 Å². The summed E-state index contributed by atoms with van der Waals surface area (Å²) in [6.45, 7) is 1.71. The quantitative estimate of drug-likeness (QED) is 0.795. The van der Waals surface area contributed by atoms with Crippen LogP contribution in [0.15, 0.2) is 34.1 Å². The van der Waals surface area contributed by atoms with E-state index in [0.717, 1.165) is 21.0 Å². The molecule has 0 aliphatic heterocycles. The van der Waals surface area contributed by atoms with Gasteiger partial charge in [-0.1, -0.05) is 6.07 Å². The molecule has 6 heteroatoms. The van der Waals surface area contributed by atoms with Crippen LogP contribution < -0.4 is 5.32 Å². The van der Waals surface area contributed by atoms with Crippen LogP contribution in [0.1, 0.15) is 27.6 Å². The van der Waals surface area contributed by atoms with Crippen molar-refractivity contribution in [3.63, 3.8) is 0 Å². The summed E-state index contributed by atoms with van der Waals surface area (Å²) >= 11 is 4.96. The molecular formula is C14H13BrF3NS. The highest BCUT2D eigenvalue weighted by molar-refractivity contribution is 9.10. The minimum Gasteiger partial charge on any atom is -0.309 e. The molecule has 2 rings (SSSR count). The highest BCUT2D eigenvalue weighted by atomic mass is 79.9. The van der Waals surface area contributed by atoms with Crippen LogP contribution >= 0.6 is 27.3 Å². The Hall–Kier alpha value is -0.850. The Morgan fingerprint density at radius 1 is 1.25 bits per heavy atom. The van der Waals surface area contributed by atoms with Crippen molar-refractivity contribution in [3.05, 3.63) is 55.7 Å². The number of halogens is 4. The number of nitrogens with one attached hydrogen (secondary N) is 1. The van der Waals surface area contributed by atoms with Gasteiger partial charge in [-0.2, -0.15) is 13.2 Å². The lowest BCUT2D eigenvalue weighted by Gasteiger charge is -2.19. The zero-order chi connectivity index (χ0) is 14.9. The minimum atomic E-state index is -4.30. The van der Waals surface area contributed by atoms with Gasteiger partial charge in [0.25, 0.3) is 0 Å². The third-order valence-electron chi connectivity index (χ3n) is 3.07. The Labute approximate surface area is 128 Å². The Kier molecular flexibility index (Phi) is 4.56. The first-order valence-corrected chi connectivity index (χ1v) is 7.59. The molecule has 20 heavy (non-hydrogen) atoms. The van der Waals surface area contributed by atoms with Crippen molar-refractivity contribution in [1.29, 1.82) is 0 Å². The molecule has 0 aliphatic carbocycles. The van der Waals surface area contributed by atoms with E-state index >= 15 is 0 Å². The molecule has 1 aromatic carbocycles. The highest BCUT2D eigenvalue weighted by Crippen LogP contribution is 2.35. The number of rotatable bonds is 3. The van der Waals surface area contributed by atoms with Crippen molar-refractivity contribution in [2.75, 3.05) is 7.05 Å². The first-order chi connectivity index (χ1) is 9.32. The predicted octanol–water partition coefficient (Wildman–Crippen LogP) is 5.15. The van der Waals surface area contributed by atoms with Gasteiger partial charge in [0.15, 0.2) is 0 Å². The summed E-state index contributed by atoms with van der Waals surface area (Å²) < 4.78 is 39.0. The van der Waals surface area contributed by atoms with E-state index in [0.29, 0.717) is 5.56 Å². The lowest BCUT2D eigenvalue weighted by atomic mass is 9.97. The molecule has 1 nitrogen and oxygen atoms in total. The van der Waals surface area contributed by atoms with E-state index in [9.17, 15) is 13.2 Å². The van der Waals surface area contributed by atoms with E-state index in [1.807, 2.05) is 11.4 Å². The number of aryl methyl sites for hydroxylation is 1. The smallest absolute Gasteiger partial charge is 0.309 e. The van der Waals surface area contributed by atoms with E-state index < -0.39 is 11.7 Å². The Balaban J connectivity index is 2.41. The third kappa shape index (κ3) is 3.24. The first-order valence-electron chi connectivity index (χ1n) is 5.92. The van der Waals surface area contributed by atoms with Gasteiger partial charge >= 0.3 is 6.18 Å². The maximum atomic E-state index is 12.7. The normalized spacial score (nSPS) is 13.5. The molecule has 0 spiro atoms. The fourth-order valence-corrected chi connectivity index (χ4v) is 3.68. The molecule has 1 heterocycles. The van der Waals surface area contributed by atoms with E-state index in [4.69, 9.17) is 0 Å². The number of benzene rings is 1. The zero-order valence-electron chi connectivity index (χ0n) is 10.9. The number of thiophene rings is 1. The molecule has 1 unspecified atom stereocenters. The third-order valence-corrected chi connectivity index (χ3v) is 4.83. The van der Waals surface area contributed by atoms with Crippen LogP contribution in [0, 0.1) is 6.92 Å². The van der Waals surface area contributed by atoms with Crippen LogP contribution in [-0.4, -0.2) is 7.05 Å². The molecule has 0 fully saturated rings. The molecule has 0 amide bonds. The standard InChI is InChI=1S/C14H13BrF3NS/c1-8-5-9(14(16,17)18)3-4-11(8)13(19-2)12-6-10(15)7-20-12/h3-7,13,19H,1-2H3. The van der Waals surface area contributed by atoms with Crippen molar-refractivity contribution < 1.29 is 13.2 Å². The maximum Gasteiger partial charge on any atom is 0.416 e. The fourth-order valence-electron chi connectivity index (χ4n) is 2.11. The molecule has 0 radical (unpaired) electrons. The molecule has 1 N–H and O–H groups in total. The van der Waals surface area contributed by atoms with Gasteiger partial charge in [0, 0.05) is 14.7 Å². The fraction of sp³-hybridized carbons (Fsp3) is 0.286. The molecule has 0 bridgehead atoms. The van der Waals surface area contributed by atoms with Crippen LogP contribution in [0.3, 0.4) is 0 Å². The minimum absolute atomic E-state index is 0.103. The summed E-state index contributed by atoms with van der Waals surface area (Å²) in [5.74, 6) is 0. The number of alkyl halides is 3. The largest absolute Gasteiger partial charge is 0.416 e. The lowest BCUT2D eigenvalue weighted by Crippen LogP contribution is -2.18. The molecule has 0 aliphatic rings. The van der Waals surface area contributed by atoms with Crippen molar-refractivity contribution in [2.45, 2.75) is 19.1 Å². The molecule has 2 aromatic rings. The molecule has 1 aromatic heterocycles. The Morgan fingerprint density at radius 3 is 2.40 bits per heavy atom. The number of hydrogen-bond acceptors (Lipinski definition) is 2. The summed E-state index contributed by atoms with van der Waals surface area (Å²) in [5.41, 5.74) is 0.875. The van der Waals surface area contributed by atoms with Crippen molar-refractivity contribution in [1.82, 2.24) is 5.32 Å². The van der Waals surface area contributed by atoms with Gasteiger partial charge in [-0.25, -0.2) is 0 Å². The van der Waals surface area contributed by atoms with Gasteiger partial charge in [-0.3, -0.25) is 0 Å². The van der Waals surface area contributed by atoms with E-state index in [1.54, 1.807) is 31.4 Å². The Morgan fingerprint density at radius 2 is 1.95 bits per heavy atom. The van der Waals surface area contributed by atoms with Gasteiger partial charge < -0.3 is 5.32 Å². The average molecular weight is 364 g/mol. The molecule has 108 valence electrons. The molecule has 0 saturated carbocycles. The van der Waals surface area contributed by atoms with Crippen LogP contribution in [0.5, 0.6) is 0 Å². The van der Waals surface area contributed by atoms with Gasteiger partial charge in [0.05, 0.1) is 11.6 Å². The molecule has 1 atom stereocenters. The van der Waals surface area contributed by atoms with E-state index in [-0.39, 0.29) is 6.04 Å². The predicted molar refractivity (Wildman–Crippen MR) is 79.1 cm³/mol. The lowest BCUT2D eigenvalue weighted by molar-refractivity contribution is -0.137. The summed E-state index contributed by atoms with van der Waals surface area (Å²) in [6.07, 6.45) is -4.30. The van der Waals surface area contributed by atoms with Crippen LogP contribution in [0.4, 0.5) is 13.2 Å². The SMILES string of the molecule is CNC(c1cc(Br)cs1)c1ccc(C(F)(F)F)cc1C. The monoisotopic (exact) mass is 363 g/mol. The van der Waals surface area contributed by atoms with Gasteiger partial charge in [0.2, 0.25) is 0 Å². The average Bonchev–Trinajstić information content (AvgIpc) is 2.77. The molecule has 0 saturated heterocycles. The van der Waals surface area contributed by atoms with Crippen LogP contribution in [0.2, 0.25) is 0 Å². The van der Waals surface area contributed by atoms with Crippen molar-refractivity contribution >= 4 is 27.3 Å². The summed E-state index contributed by atoms with van der Waals surface area (Å²) in [7, 11) is 1.80. The van der Waals surface area contributed by atoms with E-state index in [1.165, 1.54) is 6.07 Å². The van der Waals surface area contributed by atoms with E-state index in [2.05, 4.69) is 21.2 Å². The summed E-state index contributed by atoms with van der Waals surface area (Å²) in [4.78, 5) is 1.06. The van der Waals surface area contributed by atoms with Gasteiger partial charge in [-0.15, -0.1) is 11.3 Å². The summed E-state index contributed by atoms with van der Waals surface area (Å²) in [6, 6.07) is 5.75. The van der Waals surface area contributed by atoms with Crippen LogP contribution in [0.25, 0.3) is 0 Å². The second-order valence-corrected chi connectivity index (χ2v) is 6.32.